The lowest BCUT2D eigenvalue weighted by molar-refractivity contribution is 0.102. The minimum absolute atomic E-state index is 0.205. The van der Waals surface area contributed by atoms with Crippen molar-refractivity contribution >= 4 is 28.8 Å². The summed E-state index contributed by atoms with van der Waals surface area (Å²) < 4.78 is 1.82. The minimum Gasteiger partial charge on any atom is -0.321 e. The third kappa shape index (κ3) is 3.74. The number of piperidine rings is 1. The van der Waals surface area contributed by atoms with E-state index in [0.717, 1.165) is 25.3 Å². The van der Waals surface area contributed by atoms with Gasteiger partial charge in [0.2, 0.25) is 0 Å². The summed E-state index contributed by atoms with van der Waals surface area (Å²) in [6.07, 6.45) is 7.42. The molecule has 0 bridgehead atoms. The lowest BCUT2D eigenvalue weighted by Crippen LogP contribution is -2.29. The fourth-order valence-corrected chi connectivity index (χ4v) is 3.62. The molecule has 26 heavy (non-hydrogen) atoms. The molecule has 0 radical (unpaired) electrons. The molecule has 4 rings (SSSR count). The SMILES string of the molecule is O=C(Nc1cccc(Cl)c1)c1cnc2cc(CN3CCCCC3)ccn12. The summed E-state index contributed by atoms with van der Waals surface area (Å²) in [4.78, 5) is 19.5. The highest BCUT2D eigenvalue weighted by molar-refractivity contribution is 6.30. The predicted octanol–water partition coefficient (Wildman–Crippen LogP) is 4.23. The van der Waals surface area contributed by atoms with Gasteiger partial charge in [-0.05, 0) is 61.8 Å². The van der Waals surface area contributed by atoms with Gasteiger partial charge in [0, 0.05) is 23.5 Å². The molecule has 1 fully saturated rings. The maximum Gasteiger partial charge on any atom is 0.274 e. The van der Waals surface area contributed by atoms with Crippen LogP contribution in [0.25, 0.3) is 5.65 Å². The molecule has 0 aliphatic carbocycles. The lowest BCUT2D eigenvalue weighted by Gasteiger charge is -2.26. The van der Waals surface area contributed by atoms with Crippen LogP contribution in [0.2, 0.25) is 5.02 Å². The van der Waals surface area contributed by atoms with Crippen LogP contribution in [0.4, 0.5) is 5.69 Å². The number of amides is 1. The van der Waals surface area contributed by atoms with Crippen molar-refractivity contribution in [3.05, 3.63) is 65.1 Å². The van der Waals surface area contributed by atoms with E-state index < -0.39 is 0 Å². The third-order valence-corrected chi connectivity index (χ3v) is 4.98. The molecule has 3 aromatic rings. The van der Waals surface area contributed by atoms with Crippen LogP contribution in [0.5, 0.6) is 0 Å². The van der Waals surface area contributed by atoms with Crippen molar-refractivity contribution in [2.24, 2.45) is 0 Å². The number of carbonyl (C=O) groups is 1. The van der Waals surface area contributed by atoms with Crippen molar-refractivity contribution in [1.82, 2.24) is 14.3 Å². The van der Waals surface area contributed by atoms with Crippen LogP contribution in [0.15, 0.2) is 48.8 Å². The van der Waals surface area contributed by atoms with E-state index in [-0.39, 0.29) is 5.91 Å². The third-order valence-electron chi connectivity index (χ3n) is 4.75. The van der Waals surface area contributed by atoms with E-state index in [1.807, 2.05) is 16.7 Å². The molecule has 1 N–H and O–H groups in total. The Bertz CT molecular complexity index is 930. The number of halogens is 1. The highest BCUT2D eigenvalue weighted by Crippen LogP contribution is 2.18. The summed E-state index contributed by atoms with van der Waals surface area (Å²) in [7, 11) is 0. The van der Waals surface area contributed by atoms with Gasteiger partial charge in [-0.1, -0.05) is 24.1 Å². The zero-order valence-corrected chi connectivity index (χ0v) is 15.2. The molecule has 2 aromatic heterocycles. The first-order valence-corrected chi connectivity index (χ1v) is 9.32. The molecule has 5 nitrogen and oxygen atoms in total. The highest BCUT2D eigenvalue weighted by atomic mass is 35.5. The number of anilines is 1. The first-order valence-electron chi connectivity index (χ1n) is 8.94. The first-order chi connectivity index (χ1) is 12.7. The van der Waals surface area contributed by atoms with Crippen molar-refractivity contribution in [2.45, 2.75) is 25.8 Å². The maximum absolute atomic E-state index is 12.6. The normalized spacial score (nSPS) is 15.3. The van der Waals surface area contributed by atoms with Gasteiger partial charge in [0.15, 0.2) is 0 Å². The van der Waals surface area contributed by atoms with Crippen molar-refractivity contribution in [3.63, 3.8) is 0 Å². The molecule has 1 aliphatic rings. The second-order valence-electron chi connectivity index (χ2n) is 6.71. The molecule has 3 heterocycles. The number of fused-ring (bicyclic) bond motifs is 1. The van der Waals surface area contributed by atoms with Gasteiger partial charge in [-0.3, -0.25) is 14.1 Å². The molecular formula is C20H21ClN4O. The number of aromatic nitrogens is 2. The number of rotatable bonds is 4. The summed E-state index contributed by atoms with van der Waals surface area (Å²) in [6, 6.07) is 11.2. The van der Waals surface area contributed by atoms with Gasteiger partial charge in [0.25, 0.3) is 5.91 Å². The van der Waals surface area contributed by atoms with E-state index in [1.54, 1.807) is 24.4 Å². The lowest BCUT2D eigenvalue weighted by atomic mass is 10.1. The van der Waals surface area contributed by atoms with Crippen molar-refractivity contribution in [1.29, 1.82) is 0 Å². The Morgan fingerprint density at radius 2 is 2.00 bits per heavy atom. The van der Waals surface area contributed by atoms with E-state index in [0.29, 0.717) is 16.4 Å². The van der Waals surface area contributed by atoms with Crippen LogP contribution in [0, 0.1) is 0 Å². The van der Waals surface area contributed by atoms with Gasteiger partial charge in [-0.15, -0.1) is 0 Å². The summed E-state index contributed by atoms with van der Waals surface area (Å²) in [5.41, 5.74) is 3.19. The summed E-state index contributed by atoms with van der Waals surface area (Å²) in [6.45, 7) is 3.26. The van der Waals surface area contributed by atoms with E-state index in [2.05, 4.69) is 27.3 Å². The van der Waals surface area contributed by atoms with Crippen molar-refractivity contribution < 1.29 is 4.79 Å². The van der Waals surface area contributed by atoms with Crippen molar-refractivity contribution in [2.75, 3.05) is 18.4 Å². The molecule has 0 spiro atoms. The Morgan fingerprint density at radius 3 is 2.81 bits per heavy atom. The number of imidazole rings is 1. The van der Waals surface area contributed by atoms with Crippen molar-refractivity contribution in [3.8, 4) is 0 Å². The molecule has 1 aromatic carbocycles. The Kier molecular flexibility index (Phi) is 4.91. The van der Waals surface area contributed by atoms with Gasteiger partial charge in [-0.2, -0.15) is 0 Å². The topological polar surface area (TPSA) is 49.6 Å². The summed E-state index contributed by atoms with van der Waals surface area (Å²) in [5.74, 6) is -0.205. The summed E-state index contributed by atoms with van der Waals surface area (Å²) >= 11 is 5.97. The Hall–Kier alpha value is -2.37. The van der Waals surface area contributed by atoms with Crippen LogP contribution < -0.4 is 5.32 Å². The van der Waals surface area contributed by atoms with E-state index >= 15 is 0 Å². The predicted molar refractivity (Wildman–Crippen MR) is 104 cm³/mol. The molecule has 1 saturated heterocycles. The molecule has 134 valence electrons. The number of carbonyl (C=O) groups excluding carboxylic acids is 1. The highest BCUT2D eigenvalue weighted by Gasteiger charge is 2.14. The molecule has 6 heteroatoms. The number of hydrogen-bond acceptors (Lipinski definition) is 3. The van der Waals surface area contributed by atoms with Gasteiger partial charge >= 0.3 is 0 Å². The number of hydrogen-bond donors (Lipinski definition) is 1. The van der Waals surface area contributed by atoms with Gasteiger partial charge in [-0.25, -0.2) is 4.98 Å². The molecular weight excluding hydrogens is 348 g/mol. The van der Waals surface area contributed by atoms with E-state index in [1.165, 1.54) is 24.8 Å². The second kappa shape index (κ2) is 7.48. The zero-order chi connectivity index (χ0) is 17.9. The average Bonchev–Trinajstić information content (AvgIpc) is 3.06. The Morgan fingerprint density at radius 1 is 1.15 bits per heavy atom. The van der Waals surface area contributed by atoms with Crippen LogP contribution in [-0.4, -0.2) is 33.3 Å². The molecule has 1 aliphatic heterocycles. The number of nitrogens with zero attached hydrogens (tertiary/aromatic N) is 3. The van der Waals surface area contributed by atoms with Gasteiger partial charge < -0.3 is 5.32 Å². The van der Waals surface area contributed by atoms with E-state index in [9.17, 15) is 4.79 Å². The van der Waals surface area contributed by atoms with Gasteiger partial charge in [0.1, 0.15) is 11.3 Å². The van der Waals surface area contributed by atoms with Crippen LogP contribution in [-0.2, 0) is 6.54 Å². The van der Waals surface area contributed by atoms with Crippen LogP contribution in [0.1, 0.15) is 35.3 Å². The number of benzene rings is 1. The Balaban J connectivity index is 1.52. The van der Waals surface area contributed by atoms with Gasteiger partial charge in [0.05, 0.1) is 6.20 Å². The largest absolute Gasteiger partial charge is 0.321 e. The second-order valence-corrected chi connectivity index (χ2v) is 7.14. The number of pyridine rings is 1. The molecule has 1 amide bonds. The molecule has 0 unspecified atom stereocenters. The average molecular weight is 369 g/mol. The summed E-state index contributed by atoms with van der Waals surface area (Å²) in [5, 5.41) is 3.45. The van der Waals surface area contributed by atoms with Crippen LogP contribution in [0.3, 0.4) is 0 Å². The smallest absolute Gasteiger partial charge is 0.274 e. The van der Waals surface area contributed by atoms with E-state index in [4.69, 9.17) is 11.6 Å². The maximum atomic E-state index is 12.6. The minimum atomic E-state index is -0.205. The quantitative estimate of drug-likeness (QED) is 0.749. The first kappa shape index (κ1) is 17.1. The Labute approximate surface area is 157 Å². The molecule has 0 atom stereocenters. The van der Waals surface area contributed by atoms with Crippen LogP contribution >= 0.6 is 11.6 Å². The monoisotopic (exact) mass is 368 g/mol. The fraction of sp³-hybridized carbons (Fsp3) is 0.300. The standard InChI is InChI=1S/C20H21ClN4O/c21-16-5-4-6-17(12-16)23-20(26)18-13-22-19-11-15(7-10-25(18)19)14-24-8-2-1-3-9-24/h4-7,10-13H,1-3,8-9,14H2,(H,23,26). The fourth-order valence-electron chi connectivity index (χ4n) is 3.43. The molecule has 0 saturated carbocycles. The zero-order valence-electron chi connectivity index (χ0n) is 14.5. The number of likely N-dealkylation sites (tertiary alicyclic amines) is 1. The number of nitrogens with one attached hydrogen (secondary N) is 1.